The molecule has 1 amide bonds. The lowest BCUT2D eigenvalue weighted by Gasteiger charge is -2.15. The fourth-order valence-electron chi connectivity index (χ4n) is 3.65. The minimum Gasteiger partial charge on any atom is -0.497 e. The number of aromatic nitrogens is 1. The van der Waals surface area contributed by atoms with Crippen molar-refractivity contribution in [1.82, 2.24) is 9.99 Å². The van der Waals surface area contributed by atoms with Crippen LogP contribution in [-0.2, 0) is 4.74 Å². The predicted molar refractivity (Wildman–Crippen MR) is 126 cm³/mol. The number of methoxy groups -OCH3 is 3. The van der Waals surface area contributed by atoms with Gasteiger partial charge in [-0.2, -0.15) is 5.10 Å². The van der Waals surface area contributed by atoms with Crippen LogP contribution >= 0.6 is 0 Å². The monoisotopic (exact) mass is 449 g/mol. The molecule has 172 valence electrons. The number of esters is 1. The molecule has 0 aliphatic carbocycles. The van der Waals surface area contributed by atoms with Gasteiger partial charge in [0.25, 0.3) is 5.91 Å². The maximum atomic E-state index is 12.5. The molecular formula is C25H27N3O5. The second-order valence-corrected chi connectivity index (χ2v) is 7.40. The number of hydrazone groups is 1. The topological polar surface area (TPSA) is 91.2 Å². The highest BCUT2D eigenvalue weighted by Gasteiger charge is 2.16. The number of rotatable bonds is 7. The van der Waals surface area contributed by atoms with Crippen LogP contribution in [0.15, 0.2) is 47.6 Å². The van der Waals surface area contributed by atoms with E-state index in [-0.39, 0.29) is 11.9 Å². The molecule has 0 saturated carbocycles. The van der Waals surface area contributed by atoms with Gasteiger partial charge in [0.2, 0.25) is 0 Å². The molecule has 3 aromatic rings. The van der Waals surface area contributed by atoms with E-state index in [0.29, 0.717) is 22.6 Å². The first kappa shape index (κ1) is 23.6. The van der Waals surface area contributed by atoms with Crippen molar-refractivity contribution in [3.63, 3.8) is 0 Å². The van der Waals surface area contributed by atoms with Crippen molar-refractivity contribution >= 4 is 18.1 Å². The third kappa shape index (κ3) is 4.90. The summed E-state index contributed by atoms with van der Waals surface area (Å²) in [6.45, 7) is 5.81. The van der Waals surface area contributed by atoms with E-state index < -0.39 is 0 Å². The summed E-state index contributed by atoms with van der Waals surface area (Å²) in [5.41, 5.74) is 7.81. The molecule has 3 rings (SSSR count). The second-order valence-electron chi connectivity index (χ2n) is 7.40. The summed E-state index contributed by atoms with van der Waals surface area (Å²) in [4.78, 5) is 24.6. The molecule has 0 fully saturated rings. The maximum absolute atomic E-state index is 12.5. The molecule has 8 heteroatoms. The fraction of sp³-hybridized carbons (Fsp3) is 0.240. The summed E-state index contributed by atoms with van der Waals surface area (Å²) in [6, 6.07) is 12.4. The van der Waals surface area contributed by atoms with Gasteiger partial charge in [-0.15, -0.1) is 0 Å². The van der Waals surface area contributed by atoms with Gasteiger partial charge in [0.15, 0.2) is 0 Å². The Bertz CT molecular complexity index is 1200. The Labute approximate surface area is 192 Å². The molecule has 0 radical (unpaired) electrons. The van der Waals surface area contributed by atoms with E-state index in [4.69, 9.17) is 14.2 Å². The van der Waals surface area contributed by atoms with Crippen LogP contribution in [0, 0.1) is 20.8 Å². The van der Waals surface area contributed by atoms with Crippen LogP contribution in [0.1, 0.15) is 43.2 Å². The Morgan fingerprint density at radius 3 is 2.24 bits per heavy atom. The average molecular weight is 450 g/mol. The van der Waals surface area contributed by atoms with E-state index in [1.165, 1.54) is 21.3 Å². The van der Waals surface area contributed by atoms with E-state index in [0.717, 1.165) is 28.2 Å². The Morgan fingerprint density at radius 2 is 1.64 bits per heavy atom. The molecule has 1 heterocycles. The molecule has 0 saturated heterocycles. The normalized spacial score (nSPS) is 10.8. The smallest absolute Gasteiger partial charge is 0.338 e. The number of hydrogen-bond acceptors (Lipinski definition) is 6. The largest absolute Gasteiger partial charge is 0.497 e. The summed E-state index contributed by atoms with van der Waals surface area (Å²) < 4.78 is 17.3. The van der Waals surface area contributed by atoms with Gasteiger partial charge in [-0.25, -0.2) is 10.2 Å². The molecule has 0 atom stereocenters. The SMILES string of the molecule is COC(=O)c1cccc(-n2c(C)cc(C=NNC(=O)c3cc(OC)cc(OC)c3)c2C)c1C. The van der Waals surface area contributed by atoms with E-state index in [1.807, 2.05) is 43.5 Å². The first-order valence-electron chi connectivity index (χ1n) is 10.2. The van der Waals surface area contributed by atoms with Crippen molar-refractivity contribution in [2.75, 3.05) is 21.3 Å². The quantitative estimate of drug-likeness (QED) is 0.335. The van der Waals surface area contributed by atoms with Crippen LogP contribution in [0.4, 0.5) is 0 Å². The first-order chi connectivity index (χ1) is 15.8. The van der Waals surface area contributed by atoms with Crippen LogP contribution in [-0.4, -0.2) is 44.0 Å². The minimum absolute atomic E-state index is 0.365. The predicted octanol–water partition coefficient (Wildman–Crippen LogP) is 3.97. The Morgan fingerprint density at radius 1 is 0.970 bits per heavy atom. The number of carbonyl (C=O) groups is 2. The zero-order valence-corrected chi connectivity index (χ0v) is 19.6. The van der Waals surface area contributed by atoms with E-state index in [2.05, 4.69) is 10.5 Å². The summed E-state index contributed by atoms with van der Waals surface area (Å²) in [5, 5.41) is 4.13. The summed E-state index contributed by atoms with van der Waals surface area (Å²) in [7, 11) is 4.41. The summed E-state index contributed by atoms with van der Waals surface area (Å²) in [5.74, 6) is 0.252. The average Bonchev–Trinajstić information content (AvgIpc) is 3.10. The number of hydrogen-bond donors (Lipinski definition) is 1. The van der Waals surface area contributed by atoms with Gasteiger partial charge in [0.05, 0.1) is 33.1 Å². The van der Waals surface area contributed by atoms with Crippen molar-refractivity contribution in [3.8, 4) is 17.2 Å². The minimum atomic E-state index is -0.390. The Kier molecular flexibility index (Phi) is 7.17. The van der Waals surface area contributed by atoms with Crippen LogP contribution in [0.25, 0.3) is 5.69 Å². The third-order valence-electron chi connectivity index (χ3n) is 5.41. The summed E-state index contributed by atoms with van der Waals surface area (Å²) >= 11 is 0. The van der Waals surface area contributed by atoms with E-state index in [1.54, 1.807) is 30.5 Å². The van der Waals surface area contributed by atoms with Gasteiger partial charge in [-0.05, 0) is 56.7 Å². The number of amides is 1. The first-order valence-corrected chi connectivity index (χ1v) is 10.2. The van der Waals surface area contributed by atoms with Crippen LogP contribution in [0.3, 0.4) is 0 Å². The molecule has 0 unspecified atom stereocenters. The zero-order valence-electron chi connectivity index (χ0n) is 19.6. The molecule has 2 aromatic carbocycles. The lowest BCUT2D eigenvalue weighted by Crippen LogP contribution is -2.17. The highest BCUT2D eigenvalue weighted by atomic mass is 16.5. The fourth-order valence-corrected chi connectivity index (χ4v) is 3.65. The lowest BCUT2D eigenvalue weighted by molar-refractivity contribution is 0.0599. The highest BCUT2D eigenvalue weighted by molar-refractivity contribution is 5.96. The number of ether oxygens (including phenoxy) is 3. The maximum Gasteiger partial charge on any atom is 0.338 e. The molecular weight excluding hydrogens is 422 g/mol. The van der Waals surface area contributed by atoms with Gasteiger partial charge in [0.1, 0.15) is 11.5 Å². The molecule has 0 bridgehead atoms. The van der Waals surface area contributed by atoms with Crippen LogP contribution in [0.5, 0.6) is 11.5 Å². The van der Waals surface area contributed by atoms with Crippen molar-refractivity contribution in [2.45, 2.75) is 20.8 Å². The van der Waals surface area contributed by atoms with Crippen molar-refractivity contribution < 1.29 is 23.8 Å². The second kappa shape index (κ2) is 10.0. The molecule has 0 aliphatic rings. The Hall–Kier alpha value is -4.07. The molecule has 1 N–H and O–H groups in total. The molecule has 0 aliphatic heterocycles. The van der Waals surface area contributed by atoms with Gasteiger partial charge in [-0.1, -0.05) is 6.07 Å². The lowest BCUT2D eigenvalue weighted by atomic mass is 10.1. The number of carbonyl (C=O) groups excluding carboxylic acids is 2. The van der Waals surface area contributed by atoms with Gasteiger partial charge in [-0.3, -0.25) is 4.79 Å². The number of nitrogens with zero attached hydrogens (tertiary/aromatic N) is 2. The zero-order chi connectivity index (χ0) is 24.1. The number of nitrogens with one attached hydrogen (secondary N) is 1. The van der Waals surface area contributed by atoms with Crippen molar-refractivity contribution in [2.24, 2.45) is 5.10 Å². The number of aryl methyl sites for hydroxylation is 1. The molecule has 33 heavy (non-hydrogen) atoms. The molecule has 8 nitrogen and oxygen atoms in total. The Balaban J connectivity index is 1.86. The third-order valence-corrected chi connectivity index (χ3v) is 5.41. The van der Waals surface area contributed by atoms with E-state index in [9.17, 15) is 9.59 Å². The van der Waals surface area contributed by atoms with Gasteiger partial charge >= 0.3 is 5.97 Å². The van der Waals surface area contributed by atoms with E-state index >= 15 is 0 Å². The van der Waals surface area contributed by atoms with Gasteiger partial charge < -0.3 is 18.8 Å². The summed E-state index contributed by atoms with van der Waals surface area (Å²) in [6.07, 6.45) is 1.59. The van der Waals surface area contributed by atoms with Gasteiger partial charge in [0, 0.05) is 34.3 Å². The standard InChI is InChI=1S/C25H27N3O5/c1-15-10-19(14-26-27-24(29)18-11-20(31-4)13-21(12-18)32-5)17(3)28(15)23-9-7-8-22(16(23)2)25(30)33-6/h7-14H,1-6H3,(H,27,29). The molecule has 0 spiro atoms. The van der Waals surface area contributed by atoms with Crippen molar-refractivity contribution in [3.05, 3.63) is 76.1 Å². The van der Waals surface area contributed by atoms with Crippen LogP contribution in [0.2, 0.25) is 0 Å². The van der Waals surface area contributed by atoms with Crippen LogP contribution < -0.4 is 14.9 Å². The molecule has 1 aromatic heterocycles. The van der Waals surface area contributed by atoms with Crippen molar-refractivity contribution in [1.29, 1.82) is 0 Å². The highest BCUT2D eigenvalue weighted by Crippen LogP contribution is 2.25. The number of benzene rings is 2.